The Kier molecular flexibility index (Phi) is 3.50. The molecule has 0 unspecified atom stereocenters. The van der Waals surface area contributed by atoms with E-state index in [1.807, 2.05) is 66.9 Å². The molecule has 1 aromatic heterocycles. The summed E-state index contributed by atoms with van der Waals surface area (Å²) in [6, 6.07) is 22.5. The maximum absolute atomic E-state index is 13.7. The van der Waals surface area contributed by atoms with Crippen LogP contribution in [0.25, 0.3) is 10.9 Å². The van der Waals surface area contributed by atoms with Crippen molar-refractivity contribution in [2.24, 2.45) is 0 Å². The highest BCUT2D eigenvalue weighted by atomic mass is 79.9. The second kappa shape index (κ2) is 5.81. The van der Waals surface area contributed by atoms with E-state index in [0.717, 1.165) is 26.0 Å². The lowest BCUT2D eigenvalue weighted by Gasteiger charge is -2.34. The van der Waals surface area contributed by atoms with Gasteiger partial charge in [-0.1, -0.05) is 58.4 Å². The Labute approximate surface area is 164 Å². The molecule has 0 saturated heterocycles. The van der Waals surface area contributed by atoms with Crippen LogP contribution in [0.4, 0.5) is 5.69 Å². The van der Waals surface area contributed by atoms with Crippen molar-refractivity contribution < 1.29 is 10.0 Å². The Morgan fingerprint density at radius 3 is 2.48 bits per heavy atom. The molecule has 1 aliphatic heterocycles. The van der Waals surface area contributed by atoms with E-state index in [1.54, 1.807) is 12.1 Å². The third kappa shape index (κ3) is 2.10. The van der Waals surface area contributed by atoms with Crippen LogP contribution in [0.1, 0.15) is 21.5 Å². The molecule has 0 bridgehead atoms. The molecule has 1 aliphatic rings. The van der Waals surface area contributed by atoms with Crippen LogP contribution >= 0.6 is 15.9 Å². The molecule has 0 fully saturated rings. The Hall–Kier alpha value is -2.89. The topological polar surface area (TPSA) is 56.3 Å². The summed E-state index contributed by atoms with van der Waals surface area (Å²) in [6.07, 6.45) is 1.82. The molecular weight excluding hydrogens is 404 g/mol. The Morgan fingerprint density at radius 2 is 1.70 bits per heavy atom. The van der Waals surface area contributed by atoms with Crippen molar-refractivity contribution in [2.75, 3.05) is 5.06 Å². The molecule has 0 amide bonds. The van der Waals surface area contributed by atoms with Crippen LogP contribution in [0, 0.1) is 0 Å². The number of hydrogen-bond acceptors (Lipinski definition) is 3. The zero-order chi connectivity index (χ0) is 18.6. The van der Waals surface area contributed by atoms with Gasteiger partial charge in [0.25, 0.3) is 0 Å². The van der Waals surface area contributed by atoms with Crippen LogP contribution in [-0.2, 0) is 5.54 Å². The fourth-order valence-corrected chi connectivity index (χ4v) is 4.40. The average molecular weight is 419 g/mol. The number of ketones is 1. The normalized spacial score (nSPS) is 18.9. The Balaban J connectivity index is 1.89. The number of H-pyrrole nitrogens is 1. The highest BCUT2D eigenvalue weighted by Gasteiger charge is 2.55. The molecule has 0 saturated carbocycles. The number of nitrogens with one attached hydrogen (secondary N) is 1. The second-order valence-electron chi connectivity index (χ2n) is 6.63. The number of hydroxylamine groups is 1. The molecule has 3 aromatic carbocycles. The van der Waals surface area contributed by atoms with Crippen LogP contribution in [0.15, 0.2) is 83.5 Å². The summed E-state index contributed by atoms with van der Waals surface area (Å²) < 4.78 is 0.909. The number of aromatic amines is 1. The van der Waals surface area contributed by atoms with Gasteiger partial charge >= 0.3 is 0 Å². The first-order valence-electron chi connectivity index (χ1n) is 8.59. The van der Waals surface area contributed by atoms with E-state index in [2.05, 4.69) is 20.9 Å². The predicted octanol–water partition coefficient (Wildman–Crippen LogP) is 5.27. The zero-order valence-corrected chi connectivity index (χ0v) is 15.8. The number of benzene rings is 3. The van der Waals surface area contributed by atoms with E-state index >= 15 is 0 Å². The van der Waals surface area contributed by atoms with Gasteiger partial charge in [0.2, 0.25) is 5.78 Å². The lowest BCUT2D eigenvalue weighted by atomic mass is 9.79. The molecule has 5 rings (SSSR count). The van der Waals surface area contributed by atoms with Crippen LogP contribution in [-0.4, -0.2) is 16.0 Å². The molecule has 4 nitrogen and oxygen atoms in total. The SMILES string of the molecule is O=C1c2ccccc2N(O)[C@@]1(c1ccccc1)c1c[nH]c2ccc(Br)cc12. The quantitative estimate of drug-likeness (QED) is 0.466. The minimum Gasteiger partial charge on any atom is -0.361 e. The van der Waals surface area contributed by atoms with Crippen molar-refractivity contribution in [3.8, 4) is 0 Å². The minimum atomic E-state index is -1.34. The van der Waals surface area contributed by atoms with Gasteiger partial charge in [-0.2, -0.15) is 0 Å². The van der Waals surface area contributed by atoms with Gasteiger partial charge in [0.15, 0.2) is 5.54 Å². The van der Waals surface area contributed by atoms with E-state index in [1.165, 1.54) is 0 Å². The number of hydrogen-bond donors (Lipinski definition) is 2. The third-order valence-corrected chi connectivity index (χ3v) is 5.74. The second-order valence-corrected chi connectivity index (χ2v) is 7.54. The van der Waals surface area contributed by atoms with Crippen LogP contribution < -0.4 is 5.06 Å². The van der Waals surface area contributed by atoms with Crippen molar-refractivity contribution >= 4 is 38.3 Å². The first-order chi connectivity index (χ1) is 13.1. The number of Topliss-reactive ketones (excluding diaryl/α,β-unsaturated/α-hetero) is 1. The van der Waals surface area contributed by atoms with Gasteiger partial charge in [-0.15, -0.1) is 0 Å². The van der Waals surface area contributed by atoms with E-state index in [0.29, 0.717) is 16.8 Å². The maximum atomic E-state index is 13.7. The van der Waals surface area contributed by atoms with Crippen molar-refractivity contribution in [3.63, 3.8) is 0 Å². The molecule has 5 heteroatoms. The first-order valence-corrected chi connectivity index (χ1v) is 9.39. The number of nitrogens with zero attached hydrogens (tertiary/aromatic N) is 1. The fourth-order valence-electron chi connectivity index (χ4n) is 4.04. The van der Waals surface area contributed by atoms with Crippen molar-refractivity contribution in [1.82, 2.24) is 4.98 Å². The first kappa shape index (κ1) is 16.3. The van der Waals surface area contributed by atoms with Gasteiger partial charge < -0.3 is 4.98 Å². The highest BCUT2D eigenvalue weighted by Crippen LogP contribution is 2.49. The summed E-state index contributed by atoms with van der Waals surface area (Å²) in [5.41, 5.74) is 2.01. The van der Waals surface area contributed by atoms with Gasteiger partial charge in [-0.25, -0.2) is 5.06 Å². The van der Waals surface area contributed by atoms with E-state index < -0.39 is 5.54 Å². The number of fused-ring (bicyclic) bond motifs is 2. The van der Waals surface area contributed by atoms with E-state index in [9.17, 15) is 10.0 Å². The number of carbonyl (C=O) groups excluding carboxylic acids is 1. The molecule has 2 heterocycles. The van der Waals surface area contributed by atoms with Gasteiger partial charge in [-0.3, -0.25) is 10.0 Å². The number of carbonyl (C=O) groups is 1. The fraction of sp³-hybridized carbons (Fsp3) is 0.0455. The van der Waals surface area contributed by atoms with E-state index in [4.69, 9.17) is 0 Å². The monoisotopic (exact) mass is 418 g/mol. The van der Waals surface area contributed by atoms with Gasteiger partial charge in [0.1, 0.15) is 0 Å². The summed E-state index contributed by atoms with van der Waals surface area (Å²) in [7, 11) is 0. The molecule has 27 heavy (non-hydrogen) atoms. The molecule has 0 radical (unpaired) electrons. The molecule has 1 atom stereocenters. The van der Waals surface area contributed by atoms with Crippen molar-refractivity contribution in [3.05, 3.63) is 100 Å². The summed E-state index contributed by atoms with van der Waals surface area (Å²) in [5.74, 6) is -0.146. The maximum Gasteiger partial charge on any atom is 0.202 e. The number of para-hydroxylation sites is 1. The zero-order valence-electron chi connectivity index (χ0n) is 14.2. The van der Waals surface area contributed by atoms with Crippen LogP contribution in [0.5, 0.6) is 0 Å². The summed E-state index contributed by atoms with van der Waals surface area (Å²) in [4.78, 5) is 17.0. The largest absolute Gasteiger partial charge is 0.361 e. The van der Waals surface area contributed by atoms with Gasteiger partial charge in [0, 0.05) is 32.7 Å². The molecular formula is C22H15BrN2O2. The van der Waals surface area contributed by atoms with Crippen molar-refractivity contribution in [1.29, 1.82) is 0 Å². The van der Waals surface area contributed by atoms with Gasteiger partial charge in [-0.05, 0) is 35.9 Å². The van der Waals surface area contributed by atoms with Crippen LogP contribution in [0.2, 0.25) is 0 Å². The molecule has 0 aliphatic carbocycles. The number of rotatable bonds is 2. The minimum absolute atomic E-state index is 0.146. The number of aromatic nitrogens is 1. The van der Waals surface area contributed by atoms with Gasteiger partial charge in [0.05, 0.1) is 5.69 Å². The lowest BCUT2D eigenvalue weighted by Crippen LogP contribution is -2.47. The Morgan fingerprint density at radius 1 is 0.963 bits per heavy atom. The average Bonchev–Trinajstić information content (AvgIpc) is 3.21. The highest BCUT2D eigenvalue weighted by molar-refractivity contribution is 9.10. The molecule has 4 aromatic rings. The molecule has 0 spiro atoms. The smallest absolute Gasteiger partial charge is 0.202 e. The van der Waals surface area contributed by atoms with Crippen LogP contribution in [0.3, 0.4) is 0 Å². The predicted molar refractivity (Wildman–Crippen MR) is 108 cm³/mol. The Bertz CT molecular complexity index is 1190. The standard InChI is InChI=1S/C22H15BrN2O2/c23-15-10-11-19-17(12-15)18(13-24-19)22(14-6-2-1-3-7-14)21(26)16-8-4-5-9-20(16)25(22)27/h1-13,24,27H/t22-/m0/s1. The van der Waals surface area contributed by atoms with E-state index in [-0.39, 0.29) is 5.78 Å². The lowest BCUT2D eigenvalue weighted by molar-refractivity contribution is 0.0846. The summed E-state index contributed by atoms with van der Waals surface area (Å²) in [5, 5.41) is 13.3. The molecule has 132 valence electrons. The van der Waals surface area contributed by atoms with Crippen molar-refractivity contribution in [2.45, 2.75) is 5.54 Å². The number of halogens is 1. The summed E-state index contributed by atoms with van der Waals surface area (Å²) in [6.45, 7) is 0. The number of anilines is 1. The third-order valence-electron chi connectivity index (χ3n) is 5.25. The molecule has 2 N–H and O–H groups in total. The summed E-state index contributed by atoms with van der Waals surface area (Å²) >= 11 is 3.52.